The van der Waals surface area contributed by atoms with Gasteiger partial charge in [0.05, 0.1) is 23.7 Å². The number of fused-ring (bicyclic) bond motifs is 1. The number of piperidine rings is 1. The lowest BCUT2D eigenvalue weighted by atomic mass is 9.96. The fourth-order valence-corrected chi connectivity index (χ4v) is 3.03. The van der Waals surface area contributed by atoms with E-state index in [2.05, 4.69) is 15.5 Å². The molecule has 2 amide bonds. The number of benzene rings is 1. The van der Waals surface area contributed by atoms with Gasteiger partial charge in [-0.3, -0.25) is 14.7 Å². The zero-order valence-electron chi connectivity index (χ0n) is 13.7. The van der Waals surface area contributed by atoms with Gasteiger partial charge in [0, 0.05) is 30.6 Å². The molecule has 1 aliphatic rings. The number of carbonyl (C=O) groups excluding carboxylic acids is 2. The number of amides is 2. The van der Waals surface area contributed by atoms with Crippen molar-refractivity contribution in [1.82, 2.24) is 20.4 Å². The van der Waals surface area contributed by atoms with Gasteiger partial charge in [-0.05, 0) is 38.0 Å². The predicted octanol–water partition coefficient (Wildman–Crippen LogP) is 0.912. The van der Waals surface area contributed by atoms with Crippen molar-refractivity contribution in [1.29, 1.82) is 0 Å². The van der Waals surface area contributed by atoms with E-state index in [1.807, 2.05) is 12.1 Å². The van der Waals surface area contributed by atoms with Gasteiger partial charge in [-0.2, -0.15) is 5.10 Å². The molecule has 2 heterocycles. The smallest absolute Gasteiger partial charge is 0.253 e. The van der Waals surface area contributed by atoms with Crippen molar-refractivity contribution < 1.29 is 14.7 Å². The fraction of sp³-hybridized carbons (Fsp3) is 0.471. The highest BCUT2D eigenvalue weighted by Crippen LogP contribution is 2.20. The van der Waals surface area contributed by atoms with Gasteiger partial charge in [0.15, 0.2) is 0 Å². The first-order valence-electron chi connectivity index (χ1n) is 8.23. The molecule has 0 radical (unpaired) electrons. The lowest BCUT2D eigenvalue weighted by molar-refractivity contribution is -0.126. The monoisotopic (exact) mass is 330 g/mol. The molecule has 1 aromatic carbocycles. The number of hydrogen-bond donors (Lipinski definition) is 3. The van der Waals surface area contributed by atoms with Gasteiger partial charge in [0.25, 0.3) is 5.91 Å². The normalized spacial score (nSPS) is 19.2. The molecule has 1 aromatic heterocycles. The zero-order valence-corrected chi connectivity index (χ0v) is 13.7. The van der Waals surface area contributed by atoms with Gasteiger partial charge in [0.2, 0.25) is 5.91 Å². The molecule has 24 heavy (non-hydrogen) atoms. The number of rotatable bonds is 4. The van der Waals surface area contributed by atoms with Crippen LogP contribution in [0, 0.1) is 5.92 Å². The number of aromatic nitrogens is 2. The van der Waals surface area contributed by atoms with Gasteiger partial charge < -0.3 is 15.3 Å². The third kappa shape index (κ3) is 3.56. The number of nitrogens with one attached hydrogen (secondary N) is 2. The SMILES string of the molecule is C[C@H](O)CNC(=O)C1CCCN(C(=O)c2ccc3[nH]ncc3c2)C1. The first-order valence-corrected chi connectivity index (χ1v) is 8.23. The third-order valence-electron chi connectivity index (χ3n) is 4.34. The number of likely N-dealkylation sites (tertiary alicyclic amines) is 1. The van der Waals surface area contributed by atoms with E-state index in [0.29, 0.717) is 18.7 Å². The van der Waals surface area contributed by atoms with E-state index in [4.69, 9.17) is 0 Å². The number of carbonyl (C=O) groups is 2. The van der Waals surface area contributed by atoms with Crippen LogP contribution in [0.1, 0.15) is 30.1 Å². The van der Waals surface area contributed by atoms with Crippen LogP contribution in [0.25, 0.3) is 10.9 Å². The average molecular weight is 330 g/mol. The molecule has 1 saturated heterocycles. The van der Waals surface area contributed by atoms with E-state index in [0.717, 1.165) is 23.7 Å². The molecule has 1 fully saturated rings. The van der Waals surface area contributed by atoms with Crippen molar-refractivity contribution in [3.05, 3.63) is 30.0 Å². The van der Waals surface area contributed by atoms with E-state index in [1.54, 1.807) is 24.1 Å². The Hall–Kier alpha value is -2.41. The maximum Gasteiger partial charge on any atom is 0.253 e. The van der Waals surface area contributed by atoms with E-state index >= 15 is 0 Å². The van der Waals surface area contributed by atoms with Crippen molar-refractivity contribution in [3.8, 4) is 0 Å². The second-order valence-corrected chi connectivity index (χ2v) is 6.36. The van der Waals surface area contributed by atoms with Crippen LogP contribution in [0.2, 0.25) is 0 Å². The minimum absolute atomic E-state index is 0.0638. The van der Waals surface area contributed by atoms with E-state index in [-0.39, 0.29) is 24.3 Å². The van der Waals surface area contributed by atoms with Crippen LogP contribution in [0.5, 0.6) is 0 Å². The molecule has 0 spiro atoms. The molecule has 7 nitrogen and oxygen atoms in total. The molecular formula is C17H22N4O3. The molecule has 3 N–H and O–H groups in total. The first-order chi connectivity index (χ1) is 11.5. The van der Waals surface area contributed by atoms with Crippen LogP contribution in [0.4, 0.5) is 0 Å². The average Bonchev–Trinajstić information content (AvgIpc) is 3.06. The largest absolute Gasteiger partial charge is 0.392 e. The van der Waals surface area contributed by atoms with Crippen molar-refractivity contribution in [2.75, 3.05) is 19.6 Å². The summed E-state index contributed by atoms with van der Waals surface area (Å²) < 4.78 is 0. The highest BCUT2D eigenvalue weighted by atomic mass is 16.3. The van der Waals surface area contributed by atoms with Gasteiger partial charge in [-0.25, -0.2) is 0 Å². The van der Waals surface area contributed by atoms with Crippen LogP contribution >= 0.6 is 0 Å². The van der Waals surface area contributed by atoms with Gasteiger partial charge in [-0.15, -0.1) is 0 Å². The van der Waals surface area contributed by atoms with Gasteiger partial charge >= 0.3 is 0 Å². The second-order valence-electron chi connectivity index (χ2n) is 6.36. The molecular weight excluding hydrogens is 308 g/mol. The Morgan fingerprint density at radius 2 is 2.33 bits per heavy atom. The third-order valence-corrected chi connectivity index (χ3v) is 4.34. The second kappa shape index (κ2) is 7.00. The molecule has 1 unspecified atom stereocenters. The summed E-state index contributed by atoms with van der Waals surface area (Å²) in [6.07, 6.45) is 2.68. The Morgan fingerprint density at radius 1 is 1.50 bits per heavy atom. The topological polar surface area (TPSA) is 98.3 Å². The Balaban J connectivity index is 1.67. The number of nitrogens with zero attached hydrogens (tertiary/aromatic N) is 2. The highest BCUT2D eigenvalue weighted by Gasteiger charge is 2.29. The van der Waals surface area contributed by atoms with Crippen LogP contribution in [0.3, 0.4) is 0 Å². The van der Waals surface area contributed by atoms with Crippen molar-refractivity contribution in [2.45, 2.75) is 25.9 Å². The first kappa shape index (κ1) is 16.4. The standard InChI is InChI=1S/C17H22N4O3/c1-11(22)8-18-16(23)13-3-2-6-21(10-13)17(24)12-4-5-15-14(7-12)9-19-20-15/h4-5,7,9,11,13,22H,2-3,6,8,10H2,1H3,(H,18,23)(H,19,20)/t11-,13?/m0/s1. The Bertz CT molecular complexity index is 740. The Morgan fingerprint density at radius 3 is 3.12 bits per heavy atom. The minimum atomic E-state index is -0.572. The predicted molar refractivity (Wildman–Crippen MR) is 89.4 cm³/mol. The lowest BCUT2D eigenvalue weighted by Crippen LogP contribution is -2.46. The summed E-state index contributed by atoms with van der Waals surface area (Å²) in [7, 11) is 0. The van der Waals surface area contributed by atoms with E-state index in [9.17, 15) is 14.7 Å². The summed E-state index contributed by atoms with van der Waals surface area (Å²) in [6.45, 7) is 2.93. The molecule has 3 rings (SSSR count). The van der Waals surface area contributed by atoms with Gasteiger partial charge in [-0.1, -0.05) is 0 Å². The summed E-state index contributed by atoms with van der Waals surface area (Å²) in [5, 5.41) is 19.7. The highest BCUT2D eigenvalue weighted by molar-refractivity contribution is 5.98. The summed E-state index contributed by atoms with van der Waals surface area (Å²) in [5.41, 5.74) is 1.49. The Kier molecular flexibility index (Phi) is 4.80. The molecule has 0 aliphatic carbocycles. The van der Waals surface area contributed by atoms with Crippen LogP contribution in [-0.2, 0) is 4.79 Å². The number of hydrogen-bond acceptors (Lipinski definition) is 4. The molecule has 1 aliphatic heterocycles. The maximum absolute atomic E-state index is 12.7. The van der Waals surface area contributed by atoms with Crippen LogP contribution in [0.15, 0.2) is 24.4 Å². The maximum atomic E-state index is 12.7. The fourth-order valence-electron chi connectivity index (χ4n) is 3.03. The number of aliphatic hydroxyl groups is 1. The molecule has 128 valence electrons. The number of H-pyrrole nitrogens is 1. The van der Waals surface area contributed by atoms with Crippen LogP contribution < -0.4 is 5.32 Å². The quantitative estimate of drug-likeness (QED) is 0.776. The Labute approximate surface area is 140 Å². The molecule has 7 heteroatoms. The molecule has 2 aromatic rings. The summed E-state index contributed by atoms with van der Waals surface area (Å²) >= 11 is 0. The van der Waals surface area contributed by atoms with Crippen molar-refractivity contribution >= 4 is 22.7 Å². The zero-order chi connectivity index (χ0) is 17.1. The summed E-state index contributed by atoms with van der Waals surface area (Å²) in [4.78, 5) is 26.6. The van der Waals surface area contributed by atoms with Gasteiger partial charge in [0.1, 0.15) is 0 Å². The summed E-state index contributed by atoms with van der Waals surface area (Å²) in [6, 6.07) is 5.44. The van der Waals surface area contributed by atoms with E-state index < -0.39 is 6.10 Å². The molecule has 2 atom stereocenters. The minimum Gasteiger partial charge on any atom is -0.392 e. The lowest BCUT2D eigenvalue weighted by Gasteiger charge is -2.32. The number of aliphatic hydroxyl groups excluding tert-OH is 1. The van der Waals surface area contributed by atoms with E-state index in [1.165, 1.54) is 0 Å². The van der Waals surface area contributed by atoms with Crippen molar-refractivity contribution in [3.63, 3.8) is 0 Å². The van der Waals surface area contributed by atoms with Crippen molar-refractivity contribution in [2.24, 2.45) is 5.92 Å². The molecule has 0 saturated carbocycles. The molecule has 0 bridgehead atoms. The summed E-state index contributed by atoms with van der Waals surface area (Å²) in [5.74, 6) is -0.385. The number of aromatic amines is 1. The van der Waals surface area contributed by atoms with Crippen LogP contribution in [-0.4, -0.2) is 57.8 Å².